The molecule has 1 saturated heterocycles. The summed E-state index contributed by atoms with van der Waals surface area (Å²) in [5, 5.41) is 9.14. The maximum atomic E-state index is 12.6. The van der Waals surface area contributed by atoms with Crippen LogP contribution in [-0.2, 0) is 20.5 Å². The molecule has 132 valence electrons. The Bertz CT molecular complexity index is 600. The fourth-order valence-corrected chi connectivity index (χ4v) is 2.60. The summed E-state index contributed by atoms with van der Waals surface area (Å²) in [4.78, 5) is 24.8. The molecule has 2 atom stereocenters. The summed E-state index contributed by atoms with van der Waals surface area (Å²) in [6.07, 6.45) is -4.38. The zero-order chi connectivity index (χ0) is 17.9. The molecule has 0 radical (unpaired) electrons. The molecule has 1 fully saturated rings. The number of benzene rings is 1. The number of nitrogens with zero attached hydrogens (tertiary/aromatic N) is 1. The Morgan fingerprint density at radius 1 is 1.33 bits per heavy atom. The van der Waals surface area contributed by atoms with Crippen molar-refractivity contribution >= 4 is 11.9 Å². The molecule has 2 unspecified atom stereocenters. The highest BCUT2D eigenvalue weighted by atomic mass is 19.4. The highest BCUT2D eigenvalue weighted by Crippen LogP contribution is 2.30. The highest BCUT2D eigenvalue weighted by molar-refractivity contribution is 5.84. The van der Waals surface area contributed by atoms with E-state index in [0.29, 0.717) is 5.56 Å². The van der Waals surface area contributed by atoms with Crippen LogP contribution in [0.4, 0.5) is 13.2 Å². The van der Waals surface area contributed by atoms with Crippen molar-refractivity contribution in [2.75, 3.05) is 19.8 Å². The number of carboxylic acid groups (broad SMARTS) is 1. The Hall–Kier alpha value is -2.09. The molecule has 1 aliphatic heterocycles. The van der Waals surface area contributed by atoms with Gasteiger partial charge in [-0.05, 0) is 23.6 Å². The summed E-state index contributed by atoms with van der Waals surface area (Å²) >= 11 is 0. The molecule has 1 aromatic rings. The number of rotatable bonds is 4. The lowest BCUT2D eigenvalue weighted by atomic mass is 9.95. The number of carbonyl (C=O) groups is 2. The number of carboxylic acids is 1. The van der Waals surface area contributed by atoms with Crippen LogP contribution in [0.3, 0.4) is 0 Å². The van der Waals surface area contributed by atoms with Crippen molar-refractivity contribution in [3.8, 4) is 0 Å². The molecule has 5 nitrogen and oxygen atoms in total. The van der Waals surface area contributed by atoms with Crippen LogP contribution in [0.5, 0.6) is 0 Å². The molecule has 0 saturated carbocycles. The van der Waals surface area contributed by atoms with Gasteiger partial charge < -0.3 is 14.7 Å². The second-order valence-corrected chi connectivity index (χ2v) is 5.74. The van der Waals surface area contributed by atoms with Crippen LogP contribution in [0.2, 0.25) is 0 Å². The minimum Gasteiger partial charge on any atom is -0.480 e. The van der Waals surface area contributed by atoms with Crippen molar-refractivity contribution < 1.29 is 32.6 Å². The molecule has 0 spiro atoms. The van der Waals surface area contributed by atoms with Gasteiger partial charge in [0.05, 0.1) is 18.8 Å². The maximum absolute atomic E-state index is 12.6. The van der Waals surface area contributed by atoms with Crippen LogP contribution in [0.25, 0.3) is 0 Å². The van der Waals surface area contributed by atoms with Crippen molar-refractivity contribution in [1.29, 1.82) is 0 Å². The molecular weight excluding hydrogens is 327 g/mol. The zero-order valence-electron chi connectivity index (χ0n) is 13.0. The number of halogens is 3. The zero-order valence-corrected chi connectivity index (χ0v) is 13.0. The number of aliphatic carboxylic acids is 1. The summed E-state index contributed by atoms with van der Waals surface area (Å²) < 4.78 is 42.8. The van der Waals surface area contributed by atoms with Gasteiger partial charge in [0, 0.05) is 13.0 Å². The monoisotopic (exact) mass is 345 g/mol. The van der Waals surface area contributed by atoms with Gasteiger partial charge in [-0.2, -0.15) is 13.2 Å². The summed E-state index contributed by atoms with van der Waals surface area (Å²) in [5.74, 6) is -1.81. The Kier molecular flexibility index (Phi) is 5.48. The molecule has 1 heterocycles. The molecule has 1 N–H and O–H groups in total. The lowest BCUT2D eigenvalue weighted by Crippen LogP contribution is -2.52. The van der Waals surface area contributed by atoms with Crippen molar-refractivity contribution in [2.24, 2.45) is 0 Å². The van der Waals surface area contributed by atoms with Gasteiger partial charge in [0.2, 0.25) is 5.91 Å². The normalized spacial score (nSPS) is 19.8. The SMILES string of the molecule is CC(CC(=O)N1CCOCC1C(=O)O)c1ccc(C(F)(F)F)cc1. The largest absolute Gasteiger partial charge is 0.480 e. The number of carbonyl (C=O) groups excluding carboxylic acids is 1. The predicted molar refractivity (Wildman–Crippen MR) is 78.4 cm³/mol. The van der Waals surface area contributed by atoms with E-state index >= 15 is 0 Å². The van der Waals surface area contributed by atoms with Crippen molar-refractivity contribution in [3.63, 3.8) is 0 Å². The molecule has 1 amide bonds. The van der Waals surface area contributed by atoms with Gasteiger partial charge in [0.1, 0.15) is 0 Å². The van der Waals surface area contributed by atoms with Gasteiger partial charge >= 0.3 is 12.1 Å². The van der Waals surface area contributed by atoms with E-state index in [4.69, 9.17) is 9.84 Å². The summed E-state index contributed by atoms with van der Waals surface area (Å²) in [5.41, 5.74) is -0.152. The molecule has 1 aliphatic rings. The number of morpholine rings is 1. The predicted octanol–water partition coefficient (Wildman–Crippen LogP) is 2.51. The van der Waals surface area contributed by atoms with Crippen LogP contribution in [-0.4, -0.2) is 47.7 Å². The second kappa shape index (κ2) is 7.21. The first-order valence-corrected chi connectivity index (χ1v) is 7.47. The number of hydrogen-bond acceptors (Lipinski definition) is 3. The van der Waals surface area contributed by atoms with Gasteiger partial charge in [-0.3, -0.25) is 4.79 Å². The minimum atomic E-state index is -4.40. The Morgan fingerprint density at radius 2 is 1.96 bits per heavy atom. The van der Waals surface area contributed by atoms with Gasteiger partial charge in [0.25, 0.3) is 0 Å². The van der Waals surface area contributed by atoms with E-state index in [1.54, 1.807) is 6.92 Å². The first-order chi connectivity index (χ1) is 11.2. The fourth-order valence-electron chi connectivity index (χ4n) is 2.60. The average Bonchev–Trinajstić information content (AvgIpc) is 2.54. The quantitative estimate of drug-likeness (QED) is 0.911. The van der Waals surface area contributed by atoms with Gasteiger partial charge in [-0.1, -0.05) is 19.1 Å². The molecule has 1 aromatic carbocycles. The van der Waals surface area contributed by atoms with E-state index < -0.39 is 23.8 Å². The molecule has 2 rings (SSSR count). The number of alkyl halides is 3. The van der Waals surface area contributed by atoms with Crippen molar-refractivity contribution in [2.45, 2.75) is 31.5 Å². The van der Waals surface area contributed by atoms with E-state index in [9.17, 15) is 22.8 Å². The van der Waals surface area contributed by atoms with Gasteiger partial charge in [-0.15, -0.1) is 0 Å². The number of ether oxygens (including phenoxy) is 1. The minimum absolute atomic E-state index is 0.0230. The van der Waals surface area contributed by atoms with E-state index in [2.05, 4.69) is 0 Å². The van der Waals surface area contributed by atoms with Crippen LogP contribution in [0, 0.1) is 0 Å². The van der Waals surface area contributed by atoms with Crippen molar-refractivity contribution in [1.82, 2.24) is 4.90 Å². The second-order valence-electron chi connectivity index (χ2n) is 5.74. The Morgan fingerprint density at radius 3 is 2.50 bits per heavy atom. The van der Waals surface area contributed by atoms with E-state index in [-0.39, 0.29) is 38.0 Å². The van der Waals surface area contributed by atoms with Crippen LogP contribution in [0.1, 0.15) is 30.4 Å². The van der Waals surface area contributed by atoms with Crippen LogP contribution >= 0.6 is 0 Å². The average molecular weight is 345 g/mol. The molecule has 0 aliphatic carbocycles. The molecule has 0 aromatic heterocycles. The summed E-state index contributed by atoms with van der Waals surface area (Å²) in [7, 11) is 0. The van der Waals surface area contributed by atoms with Crippen LogP contribution < -0.4 is 0 Å². The number of amides is 1. The molecule has 8 heteroatoms. The lowest BCUT2D eigenvalue weighted by Gasteiger charge is -2.33. The standard InChI is InChI=1S/C16H18F3NO4/c1-10(11-2-4-12(5-3-11)16(17,18)19)8-14(21)20-6-7-24-9-13(20)15(22)23/h2-5,10,13H,6-9H2,1H3,(H,22,23). The highest BCUT2D eigenvalue weighted by Gasteiger charge is 2.33. The number of hydrogen-bond donors (Lipinski definition) is 1. The third kappa shape index (κ3) is 4.25. The Balaban J connectivity index is 2.04. The topological polar surface area (TPSA) is 66.8 Å². The van der Waals surface area contributed by atoms with Crippen molar-refractivity contribution in [3.05, 3.63) is 35.4 Å². The Labute approximate surface area is 137 Å². The summed E-state index contributed by atoms with van der Waals surface area (Å²) in [6, 6.07) is 3.62. The first-order valence-electron chi connectivity index (χ1n) is 7.47. The maximum Gasteiger partial charge on any atom is 0.416 e. The third-order valence-electron chi connectivity index (χ3n) is 4.02. The van der Waals surface area contributed by atoms with Crippen LogP contribution in [0.15, 0.2) is 24.3 Å². The summed E-state index contributed by atoms with van der Waals surface area (Å²) in [6.45, 7) is 2.12. The van der Waals surface area contributed by atoms with Gasteiger partial charge in [-0.25, -0.2) is 4.79 Å². The molecule has 24 heavy (non-hydrogen) atoms. The first kappa shape index (κ1) is 18.3. The molecular formula is C16H18F3NO4. The van der Waals surface area contributed by atoms with E-state index in [1.807, 2.05) is 0 Å². The lowest BCUT2D eigenvalue weighted by molar-refractivity contribution is -0.158. The molecule has 0 bridgehead atoms. The fraction of sp³-hybridized carbons (Fsp3) is 0.500. The third-order valence-corrected chi connectivity index (χ3v) is 4.02. The smallest absolute Gasteiger partial charge is 0.416 e. The van der Waals surface area contributed by atoms with Gasteiger partial charge in [0.15, 0.2) is 6.04 Å². The van der Waals surface area contributed by atoms with E-state index in [1.165, 1.54) is 17.0 Å². The van der Waals surface area contributed by atoms with E-state index in [0.717, 1.165) is 12.1 Å².